The molecule has 1 nitrogen and oxygen atoms in total. The van der Waals surface area contributed by atoms with Crippen molar-refractivity contribution in [3.63, 3.8) is 0 Å². The first-order chi connectivity index (χ1) is 5.87. The Kier molecular flexibility index (Phi) is 2.81. The monoisotopic (exact) mass is 194 g/mol. The van der Waals surface area contributed by atoms with Gasteiger partial charge in [0.15, 0.2) is 0 Å². The van der Waals surface area contributed by atoms with Crippen molar-refractivity contribution in [1.82, 2.24) is 0 Å². The molecular formula is C11H18OSi. The lowest BCUT2D eigenvalue weighted by Crippen LogP contribution is -2.29. The lowest BCUT2D eigenvalue weighted by molar-refractivity contribution is 0.556. The standard InChI is InChI=1S/C11H18OSi/c1-9-6-10(2)8-11(7-9)12-13(3,4)5/h6-8H,1-5H3. The largest absolute Gasteiger partial charge is 0.544 e. The third kappa shape index (κ3) is 3.64. The van der Waals surface area contributed by atoms with Crippen molar-refractivity contribution < 1.29 is 4.43 Å². The molecule has 0 amide bonds. The zero-order valence-electron chi connectivity index (χ0n) is 9.14. The van der Waals surface area contributed by atoms with Gasteiger partial charge in [0.05, 0.1) is 0 Å². The molecule has 0 N–H and O–H groups in total. The van der Waals surface area contributed by atoms with E-state index in [-0.39, 0.29) is 0 Å². The van der Waals surface area contributed by atoms with E-state index < -0.39 is 8.32 Å². The van der Waals surface area contributed by atoms with Gasteiger partial charge in [-0.3, -0.25) is 0 Å². The molecule has 13 heavy (non-hydrogen) atoms. The van der Waals surface area contributed by atoms with Crippen LogP contribution in [0.1, 0.15) is 11.1 Å². The molecule has 1 aromatic rings. The minimum Gasteiger partial charge on any atom is -0.544 e. The Labute approximate surface area is 81.9 Å². The summed E-state index contributed by atoms with van der Waals surface area (Å²) in [7, 11) is -1.44. The molecule has 72 valence electrons. The summed E-state index contributed by atoms with van der Waals surface area (Å²) in [5.41, 5.74) is 2.54. The summed E-state index contributed by atoms with van der Waals surface area (Å²) in [4.78, 5) is 0. The SMILES string of the molecule is Cc1cc(C)cc(O[Si](C)(C)C)c1. The third-order valence-electron chi connectivity index (χ3n) is 1.62. The first kappa shape index (κ1) is 10.3. The molecule has 0 heterocycles. The number of rotatable bonds is 2. The van der Waals surface area contributed by atoms with E-state index in [0.29, 0.717) is 0 Å². The summed E-state index contributed by atoms with van der Waals surface area (Å²) in [5.74, 6) is 1.02. The fourth-order valence-electron chi connectivity index (χ4n) is 1.35. The smallest absolute Gasteiger partial charge is 0.242 e. The molecular weight excluding hydrogens is 176 g/mol. The number of hydrogen-bond acceptors (Lipinski definition) is 1. The molecule has 0 bridgehead atoms. The maximum atomic E-state index is 5.90. The molecule has 0 saturated carbocycles. The highest BCUT2D eigenvalue weighted by Crippen LogP contribution is 2.19. The molecule has 0 aromatic heterocycles. The van der Waals surface area contributed by atoms with E-state index in [4.69, 9.17) is 4.43 Å². The molecule has 0 aliphatic carbocycles. The summed E-state index contributed by atoms with van der Waals surface area (Å²) in [5, 5.41) is 0. The average molecular weight is 194 g/mol. The summed E-state index contributed by atoms with van der Waals surface area (Å²) in [6.07, 6.45) is 0. The molecule has 0 saturated heterocycles. The van der Waals surface area contributed by atoms with E-state index in [2.05, 4.69) is 51.7 Å². The number of aryl methyl sites for hydroxylation is 2. The summed E-state index contributed by atoms with van der Waals surface area (Å²) in [6.45, 7) is 10.8. The van der Waals surface area contributed by atoms with E-state index in [1.807, 2.05) is 0 Å². The van der Waals surface area contributed by atoms with Crippen LogP contribution in [-0.4, -0.2) is 8.32 Å². The van der Waals surface area contributed by atoms with Crippen molar-refractivity contribution >= 4 is 8.32 Å². The van der Waals surface area contributed by atoms with Crippen LogP contribution >= 0.6 is 0 Å². The second-order valence-electron chi connectivity index (χ2n) is 4.54. The predicted molar refractivity (Wildman–Crippen MR) is 59.9 cm³/mol. The van der Waals surface area contributed by atoms with Crippen molar-refractivity contribution in [2.75, 3.05) is 0 Å². The Morgan fingerprint density at radius 3 is 1.77 bits per heavy atom. The number of benzene rings is 1. The summed E-state index contributed by atoms with van der Waals surface area (Å²) >= 11 is 0. The highest BCUT2D eigenvalue weighted by molar-refractivity contribution is 6.70. The van der Waals surface area contributed by atoms with E-state index in [1.54, 1.807) is 0 Å². The second kappa shape index (κ2) is 3.54. The van der Waals surface area contributed by atoms with Gasteiger partial charge in [0.1, 0.15) is 5.75 Å². The van der Waals surface area contributed by atoms with Gasteiger partial charge in [-0.15, -0.1) is 0 Å². The third-order valence-corrected chi connectivity index (χ3v) is 2.47. The molecule has 0 fully saturated rings. The normalized spacial score (nSPS) is 11.5. The van der Waals surface area contributed by atoms with E-state index in [1.165, 1.54) is 11.1 Å². The predicted octanol–water partition coefficient (Wildman–Crippen LogP) is 3.52. The molecule has 0 radical (unpaired) electrons. The molecule has 0 aliphatic rings. The summed E-state index contributed by atoms with van der Waals surface area (Å²) in [6, 6.07) is 6.37. The molecule has 1 aromatic carbocycles. The van der Waals surface area contributed by atoms with Gasteiger partial charge in [0, 0.05) is 0 Å². The maximum absolute atomic E-state index is 5.90. The molecule has 0 unspecified atom stereocenters. The number of hydrogen-bond donors (Lipinski definition) is 0. The Morgan fingerprint density at radius 1 is 0.923 bits per heavy atom. The van der Waals surface area contributed by atoms with Crippen molar-refractivity contribution in [1.29, 1.82) is 0 Å². The van der Waals surface area contributed by atoms with Crippen LogP contribution < -0.4 is 4.43 Å². The molecule has 0 aliphatic heterocycles. The van der Waals surface area contributed by atoms with Crippen molar-refractivity contribution in [3.05, 3.63) is 29.3 Å². The Hall–Kier alpha value is -0.763. The van der Waals surface area contributed by atoms with Crippen LogP contribution in [0.15, 0.2) is 18.2 Å². The Balaban J connectivity index is 2.90. The highest BCUT2D eigenvalue weighted by atomic mass is 28.4. The lowest BCUT2D eigenvalue weighted by atomic mass is 10.1. The molecule has 2 heteroatoms. The van der Waals surface area contributed by atoms with Crippen LogP contribution in [0.5, 0.6) is 5.75 Å². The zero-order valence-corrected chi connectivity index (χ0v) is 10.1. The van der Waals surface area contributed by atoms with Gasteiger partial charge in [-0.2, -0.15) is 0 Å². The molecule has 1 rings (SSSR count). The summed E-state index contributed by atoms with van der Waals surface area (Å²) < 4.78 is 5.90. The van der Waals surface area contributed by atoms with Crippen LogP contribution in [0, 0.1) is 13.8 Å². The first-order valence-electron chi connectivity index (χ1n) is 4.64. The quantitative estimate of drug-likeness (QED) is 0.655. The van der Waals surface area contributed by atoms with Crippen LogP contribution in [0.2, 0.25) is 19.6 Å². The van der Waals surface area contributed by atoms with Crippen LogP contribution in [-0.2, 0) is 0 Å². The zero-order chi connectivity index (χ0) is 10.1. The van der Waals surface area contributed by atoms with Gasteiger partial charge in [-0.05, 0) is 56.7 Å². The van der Waals surface area contributed by atoms with Crippen LogP contribution in [0.25, 0.3) is 0 Å². The van der Waals surface area contributed by atoms with Crippen molar-refractivity contribution in [2.45, 2.75) is 33.5 Å². The van der Waals surface area contributed by atoms with Gasteiger partial charge >= 0.3 is 0 Å². The van der Waals surface area contributed by atoms with Crippen molar-refractivity contribution in [2.24, 2.45) is 0 Å². The van der Waals surface area contributed by atoms with Gasteiger partial charge in [-0.1, -0.05) is 6.07 Å². The topological polar surface area (TPSA) is 9.23 Å². The van der Waals surface area contributed by atoms with E-state index in [9.17, 15) is 0 Å². The van der Waals surface area contributed by atoms with Gasteiger partial charge in [0.25, 0.3) is 0 Å². The van der Waals surface area contributed by atoms with Gasteiger partial charge in [0.2, 0.25) is 8.32 Å². The van der Waals surface area contributed by atoms with E-state index in [0.717, 1.165) is 5.75 Å². The second-order valence-corrected chi connectivity index (χ2v) is 8.97. The minimum atomic E-state index is -1.44. The maximum Gasteiger partial charge on any atom is 0.242 e. The molecule has 0 atom stereocenters. The van der Waals surface area contributed by atoms with Crippen LogP contribution in [0.4, 0.5) is 0 Å². The van der Waals surface area contributed by atoms with E-state index >= 15 is 0 Å². The van der Waals surface area contributed by atoms with Crippen LogP contribution in [0.3, 0.4) is 0 Å². The lowest BCUT2D eigenvalue weighted by Gasteiger charge is -2.19. The highest BCUT2D eigenvalue weighted by Gasteiger charge is 2.16. The fraction of sp³-hybridized carbons (Fsp3) is 0.455. The van der Waals surface area contributed by atoms with Crippen molar-refractivity contribution in [3.8, 4) is 5.75 Å². The Morgan fingerprint density at radius 2 is 1.38 bits per heavy atom. The van der Waals surface area contributed by atoms with Gasteiger partial charge in [-0.25, -0.2) is 0 Å². The first-order valence-corrected chi connectivity index (χ1v) is 8.05. The average Bonchev–Trinajstić information content (AvgIpc) is 1.78. The minimum absolute atomic E-state index is 1.02. The molecule has 0 spiro atoms. The van der Waals surface area contributed by atoms with Gasteiger partial charge < -0.3 is 4.43 Å². The fourth-order valence-corrected chi connectivity index (χ4v) is 2.17. The Bertz CT molecular complexity index is 279.